The zero-order chi connectivity index (χ0) is 14.8. The first-order valence-corrected chi connectivity index (χ1v) is 8.70. The summed E-state index contributed by atoms with van der Waals surface area (Å²) < 4.78 is 26.9. The molecular weight excluding hydrogens is 296 g/mol. The van der Waals surface area contributed by atoms with E-state index in [0.29, 0.717) is 35.5 Å². The minimum absolute atomic E-state index is 0.334. The lowest BCUT2D eigenvalue weighted by Gasteiger charge is -2.30. The number of halogens is 1. The Kier molecular flexibility index (Phi) is 5.07. The molecule has 6 heteroatoms. The fraction of sp³-hybridized carbons (Fsp3) is 0.571. The van der Waals surface area contributed by atoms with Crippen LogP contribution in [0, 0.1) is 5.92 Å². The molecule has 0 aromatic heterocycles. The van der Waals surface area contributed by atoms with Gasteiger partial charge in [-0.3, -0.25) is 0 Å². The van der Waals surface area contributed by atoms with Crippen molar-refractivity contribution >= 4 is 21.6 Å². The third-order valence-corrected chi connectivity index (χ3v) is 5.87. The molecule has 1 N–H and O–H groups in total. The predicted octanol–water partition coefficient (Wildman–Crippen LogP) is 2.48. The highest BCUT2D eigenvalue weighted by Crippen LogP contribution is 2.26. The summed E-state index contributed by atoms with van der Waals surface area (Å²) in [6.07, 6.45) is 2.02. The van der Waals surface area contributed by atoms with Gasteiger partial charge in [0.15, 0.2) is 0 Å². The Balaban J connectivity index is 2.31. The molecule has 1 saturated heterocycles. The third kappa shape index (κ3) is 3.34. The smallest absolute Gasteiger partial charge is 0.243 e. The Morgan fingerprint density at radius 3 is 2.85 bits per heavy atom. The number of hydrogen-bond acceptors (Lipinski definition) is 3. The van der Waals surface area contributed by atoms with Crippen molar-refractivity contribution in [2.24, 2.45) is 5.92 Å². The van der Waals surface area contributed by atoms with Gasteiger partial charge in [-0.15, -0.1) is 0 Å². The minimum atomic E-state index is -3.41. The molecule has 2 rings (SSSR count). The van der Waals surface area contributed by atoms with Crippen molar-refractivity contribution in [2.45, 2.75) is 31.2 Å². The minimum Gasteiger partial charge on any atom is -0.316 e. The summed E-state index contributed by atoms with van der Waals surface area (Å²) in [6, 6.07) is 4.93. The molecule has 1 heterocycles. The van der Waals surface area contributed by atoms with Crippen molar-refractivity contribution in [3.05, 3.63) is 28.8 Å². The SMILES string of the molecule is CNCc1cc(S(=O)(=O)N2CCCC(C)C2)ccc1Cl. The van der Waals surface area contributed by atoms with Crippen LogP contribution in [-0.2, 0) is 16.6 Å². The van der Waals surface area contributed by atoms with E-state index < -0.39 is 10.0 Å². The van der Waals surface area contributed by atoms with E-state index in [1.54, 1.807) is 22.5 Å². The highest BCUT2D eigenvalue weighted by Gasteiger charge is 2.28. The first-order chi connectivity index (χ1) is 9.45. The second-order valence-electron chi connectivity index (χ2n) is 5.39. The van der Waals surface area contributed by atoms with Crippen molar-refractivity contribution in [2.75, 3.05) is 20.1 Å². The molecule has 0 spiro atoms. The third-order valence-electron chi connectivity index (χ3n) is 3.64. The van der Waals surface area contributed by atoms with Crippen molar-refractivity contribution in [1.82, 2.24) is 9.62 Å². The Morgan fingerprint density at radius 1 is 1.45 bits per heavy atom. The topological polar surface area (TPSA) is 49.4 Å². The Bertz CT molecular complexity index is 575. The van der Waals surface area contributed by atoms with Crippen LogP contribution in [0.1, 0.15) is 25.3 Å². The van der Waals surface area contributed by atoms with Crippen molar-refractivity contribution in [1.29, 1.82) is 0 Å². The summed E-state index contributed by atoms with van der Waals surface area (Å²) in [7, 11) is -1.60. The van der Waals surface area contributed by atoms with Crippen LogP contribution in [-0.4, -0.2) is 32.9 Å². The van der Waals surface area contributed by atoms with Crippen LogP contribution in [0.2, 0.25) is 5.02 Å². The molecule has 0 amide bonds. The molecule has 0 saturated carbocycles. The van der Waals surface area contributed by atoms with Gasteiger partial charge in [0.25, 0.3) is 0 Å². The largest absolute Gasteiger partial charge is 0.316 e. The van der Waals surface area contributed by atoms with Crippen LogP contribution >= 0.6 is 11.6 Å². The van der Waals surface area contributed by atoms with E-state index >= 15 is 0 Å². The van der Waals surface area contributed by atoms with Gasteiger partial charge in [0, 0.05) is 24.7 Å². The molecule has 20 heavy (non-hydrogen) atoms. The average Bonchev–Trinajstić information content (AvgIpc) is 2.41. The van der Waals surface area contributed by atoms with E-state index in [9.17, 15) is 8.42 Å². The zero-order valence-electron chi connectivity index (χ0n) is 11.9. The van der Waals surface area contributed by atoms with Gasteiger partial charge in [-0.2, -0.15) is 4.31 Å². The number of benzene rings is 1. The van der Waals surface area contributed by atoms with Crippen molar-refractivity contribution in [3.63, 3.8) is 0 Å². The van der Waals surface area contributed by atoms with E-state index in [2.05, 4.69) is 12.2 Å². The maximum Gasteiger partial charge on any atom is 0.243 e. The lowest BCUT2D eigenvalue weighted by atomic mass is 10.0. The van der Waals surface area contributed by atoms with Crippen LogP contribution in [0.5, 0.6) is 0 Å². The van der Waals surface area contributed by atoms with Gasteiger partial charge in [0.05, 0.1) is 4.90 Å². The first-order valence-electron chi connectivity index (χ1n) is 6.88. The average molecular weight is 317 g/mol. The normalized spacial score (nSPS) is 21.1. The molecule has 1 fully saturated rings. The highest BCUT2D eigenvalue weighted by atomic mass is 35.5. The Morgan fingerprint density at radius 2 is 2.20 bits per heavy atom. The predicted molar refractivity (Wildman–Crippen MR) is 81.4 cm³/mol. The number of rotatable bonds is 4. The van der Waals surface area contributed by atoms with E-state index in [0.717, 1.165) is 18.4 Å². The number of nitrogens with zero attached hydrogens (tertiary/aromatic N) is 1. The zero-order valence-corrected chi connectivity index (χ0v) is 13.5. The quantitative estimate of drug-likeness (QED) is 0.928. The van der Waals surface area contributed by atoms with Gasteiger partial charge in [-0.1, -0.05) is 18.5 Å². The Hall–Kier alpha value is -0.620. The highest BCUT2D eigenvalue weighted by molar-refractivity contribution is 7.89. The molecule has 0 radical (unpaired) electrons. The van der Waals surface area contributed by atoms with E-state index in [1.807, 2.05) is 7.05 Å². The fourth-order valence-electron chi connectivity index (χ4n) is 2.55. The monoisotopic (exact) mass is 316 g/mol. The van der Waals surface area contributed by atoms with Gasteiger partial charge in [0.2, 0.25) is 10.0 Å². The molecule has 0 aliphatic carbocycles. The van der Waals surface area contributed by atoms with Crippen LogP contribution in [0.15, 0.2) is 23.1 Å². The van der Waals surface area contributed by atoms with Crippen molar-refractivity contribution in [3.8, 4) is 0 Å². The molecule has 1 unspecified atom stereocenters. The Labute approximate surface area is 126 Å². The summed E-state index contributed by atoms with van der Waals surface area (Å²) in [6.45, 7) is 3.86. The molecule has 0 bridgehead atoms. The maximum atomic E-state index is 12.7. The second-order valence-corrected chi connectivity index (χ2v) is 7.74. The maximum absolute atomic E-state index is 12.7. The van der Waals surface area contributed by atoms with E-state index in [-0.39, 0.29) is 0 Å². The van der Waals surface area contributed by atoms with Gasteiger partial charge in [-0.25, -0.2) is 8.42 Å². The molecule has 1 aromatic rings. The number of nitrogens with one attached hydrogen (secondary N) is 1. The summed E-state index contributed by atoms with van der Waals surface area (Å²) in [5, 5.41) is 3.59. The van der Waals surface area contributed by atoms with Gasteiger partial charge in [-0.05, 0) is 49.6 Å². The lowest BCUT2D eigenvalue weighted by Crippen LogP contribution is -2.39. The van der Waals surface area contributed by atoms with Crippen LogP contribution in [0.4, 0.5) is 0 Å². The summed E-state index contributed by atoms with van der Waals surface area (Å²) in [4.78, 5) is 0.334. The number of piperidine rings is 1. The number of sulfonamides is 1. The lowest BCUT2D eigenvalue weighted by molar-refractivity contribution is 0.281. The molecule has 1 atom stereocenters. The second kappa shape index (κ2) is 6.43. The van der Waals surface area contributed by atoms with E-state index in [1.165, 1.54) is 0 Å². The molecular formula is C14H21ClN2O2S. The van der Waals surface area contributed by atoms with Gasteiger partial charge in [0.1, 0.15) is 0 Å². The standard InChI is InChI=1S/C14H21ClN2O2S/c1-11-4-3-7-17(10-11)20(18,19)13-5-6-14(15)12(8-13)9-16-2/h5-6,8,11,16H,3-4,7,9-10H2,1-2H3. The fourth-order valence-corrected chi connectivity index (χ4v) is 4.39. The summed E-state index contributed by atoms with van der Waals surface area (Å²) in [5.41, 5.74) is 0.806. The van der Waals surface area contributed by atoms with Crippen LogP contribution in [0.25, 0.3) is 0 Å². The van der Waals surface area contributed by atoms with Crippen LogP contribution in [0.3, 0.4) is 0 Å². The molecule has 1 aliphatic heterocycles. The molecule has 112 valence electrons. The first kappa shape index (κ1) is 15.8. The molecule has 4 nitrogen and oxygen atoms in total. The summed E-state index contributed by atoms with van der Waals surface area (Å²) in [5.74, 6) is 0.419. The molecule has 1 aliphatic rings. The van der Waals surface area contributed by atoms with Crippen molar-refractivity contribution < 1.29 is 8.42 Å². The van der Waals surface area contributed by atoms with Gasteiger partial charge >= 0.3 is 0 Å². The van der Waals surface area contributed by atoms with Crippen LogP contribution < -0.4 is 5.32 Å². The van der Waals surface area contributed by atoms with Gasteiger partial charge < -0.3 is 5.32 Å². The molecule has 1 aromatic carbocycles. The summed E-state index contributed by atoms with van der Waals surface area (Å²) >= 11 is 6.09. The number of hydrogen-bond donors (Lipinski definition) is 1. The van der Waals surface area contributed by atoms with E-state index in [4.69, 9.17) is 11.6 Å².